The van der Waals surface area contributed by atoms with Crippen LogP contribution >= 0.6 is 11.8 Å². The van der Waals surface area contributed by atoms with Gasteiger partial charge in [-0.3, -0.25) is 0 Å². The SMILES string of the molecule is CCNc1cn2ccnc2c(NCCCCCSC)n1. The van der Waals surface area contributed by atoms with Crippen molar-refractivity contribution in [1.29, 1.82) is 0 Å². The smallest absolute Gasteiger partial charge is 0.180 e. The number of imidazole rings is 1. The number of unbranched alkanes of at least 4 members (excludes halogenated alkanes) is 2. The first-order valence-electron chi connectivity index (χ1n) is 7.15. The van der Waals surface area contributed by atoms with Gasteiger partial charge in [-0.1, -0.05) is 6.42 Å². The Bertz CT molecular complexity index is 525. The van der Waals surface area contributed by atoms with Crippen LogP contribution in [0.3, 0.4) is 0 Å². The van der Waals surface area contributed by atoms with Crippen LogP contribution in [-0.4, -0.2) is 39.5 Å². The van der Waals surface area contributed by atoms with Gasteiger partial charge in [0.05, 0.1) is 6.20 Å². The Labute approximate surface area is 124 Å². The quantitative estimate of drug-likeness (QED) is 0.696. The van der Waals surface area contributed by atoms with Crippen molar-refractivity contribution in [1.82, 2.24) is 14.4 Å². The summed E-state index contributed by atoms with van der Waals surface area (Å²) in [6.45, 7) is 3.87. The van der Waals surface area contributed by atoms with Crippen LogP contribution in [0.4, 0.5) is 11.6 Å². The highest BCUT2D eigenvalue weighted by Gasteiger charge is 2.06. The molecule has 0 bridgehead atoms. The second-order valence-electron chi connectivity index (χ2n) is 4.64. The molecule has 6 heteroatoms. The molecule has 0 unspecified atom stereocenters. The Kier molecular flexibility index (Phi) is 5.98. The Morgan fingerprint density at radius 3 is 2.95 bits per heavy atom. The largest absolute Gasteiger partial charge is 0.369 e. The number of rotatable bonds is 9. The topological polar surface area (TPSA) is 54.2 Å². The van der Waals surface area contributed by atoms with Crippen molar-refractivity contribution in [2.75, 3.05) is 35.7 Å². The lowest BCUT2D eigenvalue weighted by molar-refractivity contribution is 0.748. The third-order valence-corrected chi connectivity index (χ3v) is 3.75. The summed E-state index contributed by atoms with van der Waals surface area (Å²) in [7, 11) is 0. The summed E-state index contributed by atoms with van der Waals surface area (Å²) in [5.41, 5.74) is 0.885. The van der Waals surface area contributed by atoms with Gasteiger partial charge in [0.25, 0.3) is 0 Å². The summed E-state index contributed by atoms with van der Waals surface area (Å²) in [4.78, 5) is 8.94. The molecule has 0 aromatic carbocycles. The van der Waals surface area contributed by atoms with Gasteiger partial charge in [0.1, 0.15) is 5.82 Å². The zero-order valence-electron chi connectivity index (χ0n) is 12.2. The number of thioether (sulfide) groups is 1. The molecule has 0 spiro atoms. The Morgan fingerprint density at radius 2 is 2.15 bits per heavy atom. The standard InChI is InChI=1S/C14H23N5S/c1-3-15-12-11-19-9-8-17-14(19)13(18-12)16-7-5-4-6-10-20-2/h8-9,11,15H,3-7,10H2,1-2H3,(H,16,18). The molecule has 0 aliphatic rings. The van der Waals surface area contributed by atoms with Crippen LogP contribution < -0.4 is 10.6 Å². The lowest BCUT2D eigenvalue weighted by atomic mass is 10.2. The average Bonchev–Trinajstić information content (AvgIpc) is 2.91. The number of nitrogens with zero attached hydrogens (tertiary/aromatic N) is 3. The van der Waals surface area contributed by atoms with Gasteiger partial charge in [-0.2, -0.15) is 11.8 Å². The van der Waals surface area contributed by atoms with Crippen LogP contribution in [0, 0.1) is 0 Å². The fourth-order valence-corrected chi connectivity index (χ4v) is 2.56. The summed E-state index contributed by atoms with van der Waals surface area (Å²) in [6.07, 6.45) is 11.6. The van der Waals surface area contributed by atoms with Crippen molar-refractivity contribution in [3.05, 3.63) is 18.6 Å². The molecule has 2 rings (SSSR count). The number of nitrogens with one attached hydrogen (secondary N) is 2. The predicted molar refractivity (Wildman–Crippen MR) is 87.9 cm³/mol. The molecule has 5 nitrogen and oxygen atoms in total. The first kappa shape index (κ1) is 15.0. The minimum Gasteiger partial charge on any atom is -0.369 e. The van der Waals surface area contributed by atoms with Crippen molar-refractivity contribution < 1.29 is 0 Å². The molecule has 2 heterocycles. The molecule has 20 heavy (non-hydrogen) atoms. The first-order chi connectivity index (χ1) is 9.85. The van der Waals surface area contributed by atoms with Gasteiger partial charge >= 0.3 is 0 Å². The van der Waals surface area contributed by atoms with Crippen LogP contribution in [0.15, 0.2) is 18.6 Å². The van der Waals surface area contributed by atoms with Gasteiger partial charge in [0.15, 0.2) is 11.5 Å². The van der Waals surface area contributed by atoms with Gasteiger partial charge in [-0.15, -0.1) is 0 Å². The van der Waals surface area contributed by atoms with Crippen LogP contribution in [0.5, 0.6) is 0 Å². The molecule has 0 radical (unpaired) electrons. The summed E-state index contributed by atoms with van der Waals surface area (Å²) < 4.78 is 2.00. The van der Waals surface area contributed by atoms with E-state index in [1.165, 1.54) is 25.0 Å². The Hall–Kier alpha value is -1.43. The van der Waals surface area contributed by atoms with Crippen LogP contribution in [0.25, 0.3) is 5.65 Å². The lowest BCUT2D eigenvalue weighted by Crippen LogP contribution is -2.08. The molecule has 0 saturated carbocycles. The molecular weight excluding hydrogens is 270 g/mol. The first-order valence-corrected chi connectivity index (χ1v) is 8.55. The van der Waals surface area contributed by atoms with Crippen molar-refractivity contribution >= 4 is 29.0 Å². The van der Waals surface area contributed by atoms with E-state index in [2.05, 4.69) is 33.8 Å². The second kappa shape index (κ2) is 7.99. The molecule has 2 N–H and O–H groups in total. The van der Waals surface area contributed by atoms with Gasteiger partial charge in [-0.05, 0) is 31.8 Å². The predicted octanol–water partition coefficient (Wildman–Crippen LogP) is 3.11. The van der Waals surface area contributed by atoms with Gasteiger partial charge in [-0.25, -0.2) is 9.97 Å². The van der Waals surface area contributed by atoms with Crippen molar-refractivity contribution in [2.24, 2.45) is 0 Å². The third-order valence-electron chi connectivity index (χ3n) is 3.05. The highest BCUT2D eigenvalue weighted by molar-refractivity contribution is 7.98. The van der Waals surface area contributed by atoms with E-state index >= 15 is 0 Å². The third kappa shape index (κ3) is 4.03. The molecule has 2 aromatic heterocycles. The van der Waals surface area contributed by atoms with E-state index in [0.29, 0.717) is 0 Å². The van der Waals surface area contributed by atoms with Gasteiger partial charge < -0.3 is 15.0 Å². The molecule has 0 aliphatic heterocycles. The fraction of sp³-hybridized carbons (Fsp3) is 0.571. The van der Waals surface area contributed by atoms with Crippen LogP contribution in [0.2, 0.25) is 0 Å². The highest BCUT2D eigenvalue weighted by Crippen LogP contribution is 2.16. The van der Waals surface area contributed by atoms with Gasteiger partial charge in [0.2, 0.25) is 0 Å². The van der Waals surface area contributed by atoms with E-state index in [9.17, 15) is 0 Å². The van der Waals surface area contributed by atoms with E-state index in [-0.39, 0.29) is 0 Å². The van der Waals surface area contributed by atoms with Gasteiger partial charge in [0, 0.05) is 25.5 Å². The van der Waals surface area contributed by atoms with E-state index in [0.717, 1.165) is 30.4 Å². The molecule has 0 amide bonds. The summed E-state index contributed by atoms with van der Waals surface area (Å²) in [5.74, 6) is 2.99. The molecule has 0 aliphatic carbocycles. The molecular formula is C14H23N5S. The number of anilines is 2. The fourth-order valence-electron chi connectivity index (χ4n) is 2.07. The Morgan fingerprint density at radius 1 is 1.25 bits per heavy atom. The zero-order chi connectivity index (χ0) is 14.2. The van der Waals surface area contributed by atoms with E-state index in [1.54, 1.807) is 6.20 Å². The maximum absolute atomic E-state index is 4.59. The molecule has 2 aromatic rings. The number of hydrogen-bond donors (Lipinski definition) is 2. The minimum absolute atomic E-state index is 0.860. The van der Waals surface area contributed by atoms with E-state index < -0.39 is 0 Å². The second-order valence-corrected chi connectivity index (χ2v) is 5.63. The van der Waals surface area contributed by atoms with Crippen LogP contribution in [-0.2, 0) is 0 Å². The number of aromatic nitrogens is 3. The lowest BCUT2D eigenvalue weighted by Gasteiger charge is -2.10. The summed E-state index contributed by atoms with van der Waals surface area (Å²) in [5, 5.41) is 6.65. The van der Waals surface area contributed by atoms with Crippen molar-refractivity contribution in [2.45, 2.75) is 26.2 Å². The number of fused-ring (bicyclic) bond motifs is 1. The monoisotopic (exact) mass is 293 g/mol. The molecule has 0 saturated heterocycles. The number of hydrogen-bond acceptors (Lipinski definition) is 5. The van der Waals surface area contributed by atoms with Crippen LogP contribution in [0.1, 0.15) is 26.2 Å². The summed E-state index contributed by atoms with van der Waals surface area (Å²) >= 11 is 1.91. The van der Waals surface area contributed by atoms with E-state index in [1.807, 2.05) is 28.6 Å². The van der Waals surface area contributed by atoms with E-state index in [4.69, 9.17) is 0 Å². The Balaban J connectivity index is 1.95. The van der Waals surface area contributed by atoms with Crippen molar-refractivity contribution in [3.63, 3.8) is 0 Å². The highest BCUT2D eigenvalue weighted by atomic mass is 32.2. The molecule has 110 valence electrons. The molecule has 0 atom stereocenters. The average molecular weight is 293 g/mol. The van der Waals surface area contributed by atoms with Crippen molar-refractivity contribution in [3.8, 4) is 0 Å². The maximum atomic E-state index is 4.59. The zero-order valence-corrected chi connectivity index (χ0v) is 13.0. The minimum atomic E-state index is 0.860. The normalized spacial score (nSPS) is 10.9. The maximum Gasteiger partial charge on any atom is 0.180 e. The summed E-state index contributed by atoms with van der Waals surface area (Å²) in [6, 6.07) is 0. The molecule has 0 fully saturated rings.